The number of nitrogens with zero attached hydrogens (tertiary/aromatic N) is 1. The van der Waals surface area contributed by atoms with Crippen LogP contribution >= 0.6 is 22.9 Å². The van der Waals surface area contributed by atoms with Crippen molar-refractivity contribution in [2.45, 2.75) is 13.0 Å². The van der Waals surface area contributed by atoms with Gasteiger partial charge < -0.3 is 5.32 Å². The standard InChI is InChI=1S/C12H12ClFN2S/c1-2-15-11(12-16-5-6-17-12)9-4-3-8(13)7-10(9)14/h3-7,11,15H,2H2,1H3. The molecule has 1 aromatic heterocycles. The van der Waals surface area contributed by atoms with Crippen LogP contribution in [0, 0.1) is 5.82 Å². The molecule has 0 aliphatic rings. The van der Waals surface area contributed by atoms with Crippen molar-refractivity contribution in [2.75, 3.05) is 6.54 Å². The van der Waals surface area contributed by atoms with E-state index in [1.807, 2.05) is 12.3 Å². The van der Waals surface area contributed by atoms with Crippen molar-refractivity contribution in [3.05, 3.63) is 51.2 Å². The second-order valence-electron chi connectivity index (χ2n) is 3.53. The third-order valence-electron chi connectivity index (χ3n) is 2.38. The number of thiazole rings is 1. The molecule has 0 saturated heterocycles. The largest absolute Gasteiger partial charge is 0.304 e. The van der Waals surface area contributed by atoms with Gasteiger partial charge in [-0.3, -0.25) is 0 Å². The number of benzene rings is 1. The van der Waals surface area contributed by atoms with Crippen molar-refractivity contribution in [2.24, 2.45) is 0 Å². The number of hydrogen-bond donors (Lipinski definition) is 1. The molecule has 1 atom stereocenters. The summed E-state index contributed by atoms with van der Waals surface area (Å²) < 4.78 is 13.9. The van der Waals surface area contributed by atoms with Gasteiger partial charge in [0.2, 0.25) is 0 Å². The Labute approximate surface area is 108 Å². The van der Waals surface area contributed by atoms with Gasteiger partial charge in [0, 0.05) is 22.2 Å². The Morgan fingerprint density at radius 1 is 1.53 bits per heavy atom. The highest BCUT2D eigenvalue weighted by molar-refractivity contribution is 7.09. The van der Waals surface area contributed by atoms with E-state index in [9.17, 15) is 4.39 Å². The molecule has 1 N–H and O–H groups in total. The maximum Gasteiger partial charge on any atom is 0.129 e. The van der Waals surface area contributed by atoms with Gasteiger partial charge in [-0.2, -0.15) is 0 Å². The number of halogens is 2. The Morgan fingerprint density at radius 3 is 2.94 bits per heavy atom. The zero-order valence-electron chi connectivity index (χ0n) is 9.28. The fourth-order valence-corrected chi connectivity index (χ4v) is 2.54. The number of hydrogen-bond acceptors (Lipinski definition) is 3. The van der Waals surface area contributed by atoms with Gasteiger partial charge in [-0.1, -0.05) is 24.6 Å². The van der Waals surface area contributed by atoms with E-state index < -0.39 is 0 Å². The summed E-state index contributed by atoms with van der Waals surface area (Å²) in [5, 5.41) is 6.37. The highest BCUT2D eigenvalue weighted by atomic mass is 35.5. The first-order chi connectivity index (χ1) is 8.22. The van der Waals surface area contributed by atoms with Crippen molar-refractivity contribution in [1.29, 1.82) is 0 Å². The van der Waals surface area contributed by atoms with E-state index in [0.717, 1.165) is 11.6 Å². The van der Waals surface area contributed by atoms with Crippen molar-refractivity contribution in [1.82, 2.24) is 10.3 Å². The topological polar surface area (TPSA) is 24.9 Å². The van der Waals surface area contributed by atoms with Gasteiger partial charge in [-0.15, -0.1) is 11.3 Å². The molecule has 5 heteroatoms. The molecule has 0 bridgehead atoms. The lowest BCUT2D eigenvalue weighted by atomic mass is 10.1. The maximum atomic E-state index is 13.9. The Hall–Kier alpha value is -0.970. The van der Waals surface area contributed by atoms with Gasteiger partial charge in [0.05, 0.1) is 6.04 Å². The van der Waals surface area contributed by atoms with Crippen LogP contribution < -0.4 is 5.32 Å². The van der Waals surface area contributed by atoms with Gasteiger partial charge in [-0.25, -0.2) is 9.37 Å². The highest BCUT2D eigenvalue weighted by Gasteiger charge is 2.19. The van der Waals surface area contributed by atoms with Gasteiger partial charge >= 0.3 is 0 Å². The average Bonchev–Trinajstić information content (AvgIpc) is 2.80. The summed E-state index contributed by atoms with van der Waals surface area (Å²) in [7, 11) is 0. The van der Waals surface area contributed by atoms with Gasteiger partial charge in [-0.05, 0) is 18.7 Å². The number of nitrogens with one attached hydrogen (secondary N) is 1. The van der Waals surface area contributed by atoms with Crippen molar-refractivity contribution in [3.8, 4) is 0 Å². The third-order valence-corrected chi connectivity index (χ3v) is 3.46. The van der Waals surface area contributed by atoms with Gasteiger partial charge in [0.15, 0.2) is 0 Å². The van der Waals surface area contributed by atoms with E-state index >= 15 is 0 Å². The van der Waals surface area contributed by atoms with Crippen LogP contribution in [0.2, 0.25) is 5.02 Å². The molecule has 0 aliphatic carbocycles. The van der Waals surface area contributed by atoms with Crippen LogP contribution in [0.5, 0.6) is 0 Å². The van der Waals surface area contributed by atoms with Crippen LogP contribution in [0.3, 0.4) is 0 Å². The molecule has 2 aromatic rings. The third kappa shape index (κ3) is 2.83. The van der Waals surface area contributed by atoms with Crippen LogP contribution in [0.25, 0.3) is 0 Å². The summed E-state index contributed by atoms with van der Waals surface area (Å²) >= 11 is 7.26. The van der Waals surface area contributed by atoms with Gasteiger partial charge in [0.1, 0.15) is 10.8 Å². The van der Waals surface area contributed by atoms with Crippen LogP contribution in [0.1, 0.15) is 23.5 Å². The summed E-state index contributed by atoms with van der Waals surface area (Å²) in [5.74, 6) is -0.307. The zero-order valence-corrected chi connectivity index (χ0v) is 10.9. The van der Waals surface area contributed by atoms with E-state index in [1.54, 1.807) is 18.3 Å². The molecular formula is C12H12ClFN2S. The van der Waals surface area contributed by atoms with Crippen molar-refractivity contribution in [3.63, 3.8) is 0 Å². The van der Waals surface area contributed by atoms with E-state index in [-0.39, 0.29) is 11.9 Å². The first kappa shape index (κ1) is 12.5. The van der Waals surface area contributed by atoms with Crippen molar-refractivity contribution >= 4 is 22.9 Å². The molecular weight excluding hydrogens is 259 g/mol. The molecule has 0 amide bonds. The Bertz CT molecular complexity index is 487. The second-order valence-corrected chi connectivity index (χ2v) is 4.89. The molecule has 17 heavy (non-hydrogen) atoms. The fourth-order valence-electron chi connectivity index (χ4n) is 1.65. The van der Waals surface area contributed by atoms with E-state index in [0.29, 0.717) is 10.6 Å². The lowest BCUT2D eigenvalue weighted by molar-refractivity contribution is 0.557. The van der Waals surface area contributed by atoms with Gasteiger partial charge in [0.25, 0.3) is 0 Å². The quantitative estimate of drug-likeness (QED) is 0.918. The minimum Gasteiger partial charge on any atom is -0.304 e. The molecule has 1 heterocycles. The molecule has 1 aromatic carbocycles. The summed E-state index contributed by atoms with van der Waals surface area (Å²) in [6.07, 6.45) is 1.72. The zero-order chi connectivity index (χ0) is 12.3. The average molecular weight is 271 g/mol. The molecule has 0 saturated carbocycles. The van der Waals surface area contributed by atoms with Crippen LogP contribution in [0.4, 0.5) is 4.39 Å². The van der Waals surface area contributed by atoms with Crippen LogP contribution in [0.15, 0.2) is 29.8 Å². The minimum atomic E-state index is -0.307. The predicted octanol–water partition coefficient (Wildman–Crippen LogP) is 3.63. The number of aromatic nitrogens is 1. The smallest absolute Gasteiger partial charge is 0.129 e. The molecule has 0 aliphatic heterocycles. The Balaban J connectivity index is 2.39. The molecule has 90 valence electrons. The first-order valence-corrected chi connectivity index (χ1v) is 6.56. The van der Waals surface area contributed by atoms with Crippen LogP contribution in [-0.2, 0) is 0 Å². The Morgan fingerprint density at radius 2 is 2.35 bits per heavy atom. The van der Waals surface area contributed by atoms with Crippen LogP contribution in [-0.4, -0.2) is 11.5 Å². The summed E-state index contributed by atoms with van der Waals surface area (Å²) in [4.78, 5) is 4.23. The molecule has 2 nitrogen and oxygen atoms in total. The maximum absolute atomic E-state index is 13.9. The molecule has 0 radical (unpaired) electrons. The lowest BCUT2D eigenvalue weighted by Crippen LogP contribution is -2.22. The van der Waals surface area contributed by atoms with E-state index in [2.05, 4.69) is 10.3 Å². The van der Waals surface area contributed by atoms with Crippen molar-refractivity contribution < 1.29 is 4.39 Å². The normalized spacial score (nSPS) is 12.6. The summed E-state index contributed by atoms with van der Waals surface area (Å²) in [6, 6.07) is 4.51. The Kier molecular flexibility index (Phi) is 4.10. The molecule has 2 rings (SSSR count). The predicted molar refractivity (Wildman–Crippen MR) is 69.0 cm³/mol. The van der Waals surface area contributed by atoms with E-state index in [1.165, 1.54) is 17.4 Å². The molecule has 0 fully saturated rings. The highest BCUT2D eigenvalue weighted by Crippen LogP contribution is 2.27. The van der Waals surface area contributed by atoms with E-state index in [4.69, 9.17) is 11.6 Å². The summed E-state index contributed by atoms with van der Waals surface area (Å²) in [6.45, 7) is 2.72. The monoisotopic (exact) mass is 270 g/mol. The lowest BCUT2D eigenvalue weighted by Gasteiger charge is -2.16. The fraction of sp³-hybridized carbons (Fsp3) is 0.250. The molecule has 1 unspecified atom stereocenters. The first-order valence-electron chi connectivity index (χ1n) is 5.30. The molecule has 0 spiro atoms. The summed E-state index contributed by atoms with van der Waals surface area (Å²) in [5.41, 5.74) is 0.575. The minimum absolute atomic E-state index is 0.211. The second kappa shape index (κ2) is 5.58. The number of rotatable bonds is 4. The SMILES string of the molecule is CCNC(c1nccs1)c1ccc(Cl)cc1F.